The van der Waals surface area contributed by atoms with Crippen molar-refractivity contribution < 1.29 is 9.90 Å². The van der Waals surface area contributed by atoms with Gasteiger partial charge in [0.1, 0.15) is 11.9 Å². The van der Waals surface area contributed by atoms with Crippen LogP contribution in [0.1, 0.15) is 25.1 Å². The number of carboxylic acid groups (broad SMARTS) is 1. The van der Waals surface area contributed by atoms with E-state index in [9.17, 15) is 9.90 Å². The number of hydrogen-bond acceptors (Lipinski definition) is 3. The molecule has 2 heterocycles. The van der Waals surface area contributed by atoms with Crippen LogP contribution in [0, 0.1) is 0 Å². The lowest BCUT2D eigenvalue weighted by Crippen LogP contribution is -2.45. The van der Waals surface area contributed by atoms with Gasteiger partial charge in [0, 0.05) is 20.0 Å². The quantitative estimate of drug-likeness (QED) is 0.935. The number of hydrogen-bond donors (Lipinski definition) is 1. The van der Waals surface area contributed by atoms with E-state index in [1.54, 1.807) is 0 Å². The molecule has 0 amide bonds. The molecular weight excluding hydrogens is 266 g/mol. The molecule has 112 valence electrons. The van der Waals surface area contributed by atoms with Gasteiger partial charge in [0.15, 0.2) is 0 Å². The number of likely N-dealkylation sites (tertiary alicyclic amines) is 1. The minimum atomic E-state index is -0.695. The van der Waals surface area contributed by atoms with Crippen molar-refractivity contribution in [2.45, 2.75) is 31.7 Å². The number of rotatable bonds is 4. The molecule has 1 aromatic carbocycles. The summed E-state index contributed by atoms with van der Waals surface area (Å²) in [5.41, 5.74) is 2.13. The van der Waals surface area contributed by atoms with Gasteiger partial charge in [-0.25, -0.2) is 4.98 Å². The Morgan fingerprint density at radius 2 is 2.19 bits per heavy atom. The normalized spacial score (nSPS) is 20.0. The van der Waals surface area contributed by atoms with Crippen LogP contribution in [0.3, 0.4) is 0 Å². The van der Waals surface area contributed by atoms with Gasteiger partial charge in [0.2, 0.25) is 0 Å². The van der Waals surface area contributed by atoms with Crippen LogP contribution in [0.25, 0.3) is 11.0 Å². The summed E-state index contributed by atoms with van der Waals surface area (Å²) in [6.07, 6.45) is 3.65. The van der Waals surface area contributed by atoms with Crippen molar-refractivity contribution in [3.8, 4) is 0 Å². The van der Waals surface area contributed by atoms with Crippen LogP contribution < -0.4 is 0 Å². The predicted molar refractivity (Wildman–Crippen MR) is 81.3 cm³/mol. The van der Waals surface area contributed by atoms with E-state index in [0.717, 1.165) is 55.6 Å². The van der Waals surface area contributed by atoms with E-state index < -0.39 is 5.97 Å². The Balaban J connectivity index is 1.73. The van der Waals surface area contributed by atoms with Crippen molar-refractivity contribution in [3.05, 3.63) is 30.1 Å². The number of aliphatic carboxylic acids is 1. The maximum absolute atomic E-state index is 11.3. The molecule has 3 rings (SSSR count). The second kappa shape index (κ2) is 5.85. The number of carboxylic acids is 1. The Hall–Kier alpha value is -1.88. The molecule has 2 aromatic rings. The summed E-state index contributed by atoms with van der Waals surface area (Å²) in [6.45, 7) is 1.63. The van der Waals surface area contributed by atoms with E-state index >= 15 is 0 Å². The second-order valence-corrected chi connectivity index (χ2v) is 5.71. The van der Waals surface area contributed by atoms with Crippen molar-refractivity contribution in [1.29, 1.82) is 0 Å². The van der Waals surface area contributed by atoms with E-state index in [4.69, 9.17) is 0 Å². The van der Waals surface area contributed by atoms with Crippen molar-refractivity contribution in [2.24, 2.45) is 7.05 Å². The molecule has 0 spiro atoms. The number of carbonyl (C=O) groups is 1. The SMILES string of the molecule is Cn1c(CCN2CCCCC2C(=O)O)nc2ccccc21. The first-order valence-electron chi connectivity index (χ1n) is 7.54. The van der Waals surface area contributed by atoms with Crippen molar-refractivity contribution in [2.75, 3.05) is 13.1 Å². The topological polar surface area (TPSA) is 58.4 Å². The first kappa shape index (κ1) is 14.1. The first-order chi connectivity index (χ1) is 10.2. The Morgan fingerprint density at radius 3 is 2.95 bits per heavy atom. The number of benzene rings is 1. The third kappa shape index (κ3) is 2.78. The minimum absolute atomic E-state index is 0.326. The van der Waals surface area contributed by atoms with E-state index in [-0.39, 0.29) is 6.04 Å². The molecule has 1 aromatic heterocycles. The van der Waals surface area contributed by atoms with Gasteiger partial charge in [-0.3, -0.25) is 9.69 Å². The van der Waals surface area contributed by atoms with Gasteiger partial charge in [-0.05, 0) is 31.5 Å². The Morgan fingerprint density at radius 1 is 1.38 bits per heavy atom. The highest BCUT2D eigenvalue weighted by Gasteiger charge is 2.28. The van der Waals surface area contributed by atoms with Crippen LogP contribution in [-0.4, -0.2) is 44.7 Å². The number of aryl methyl sites for hydroxylation is 1. The third-order valence-electron chi connectivity index (χ3n) is 4.40. The largest absolute Gasteiger partial charge is 0.480 e. The molecule has 0 aliphatic carbocycles. The van der Waals surface area contributed by atoms with Crippen molar-refractivity contribution in [1.82, 2.24) is 14.5 Å². The Bertz CT molecular complexity index is 650. The standard InChI is InChI=1S/C16H21N3O2/c1-18-13-7-3-2-6-12(13)17-15(18)9-11-19-10-5-4-8-14(19)16(20)21/h2-3,6-7,14H,4-5,8-11H2,1H3,(H,20,21). The van der Waals surface area contributed by atoms with Gasteiger partial charge >= 0.3 is 5.97 Å². The lowest BCUT2D eigenvalue weighted by atomic mass is 10.0. The molecule has 1 atom stereocenters. The summed E-state index contributed by atoms with van der Waals surface area (Å²) in [6, 6.07) is 7.75. The van der Waals surface area contributed by atoms with Gasteiger partial charge < -0.3 is 9.67 Å². The monoisotopic (exact) mass is 287 g/mol. The van der Waals surface area contributed by atoms with Crippen molar-refractivity contribution >= 4 is 17.0 Å². The Labute approximate surface area is 124 Å². The van der Waals surface area contributed by atoms with E-state index in [1.807, 2.05) is 25.2 Å². The minimum Gasteiger partial charge on any atom is -0.480 e. The highest BCUT2D eigenvalue weighted by atomic mass is 16.4. The van der Waals surface area contributed by atoms with Gasteiger partial charge in [-0.2, -0.15) is 0 Å². The van der Waals surface area contributed by atoms with Gasteiger partial charge in [-0.1, -0.05) is 18.6 Å². The van der Waals surface area contributed by atoms with E-state index in [0.29, 0.717) is 0 Å². The Kier molecular flexibility index (Phi) is 3.92. The molecule has 1 unspecified atom stereocenters. The zero-order valence-corrected chi connectivity index (χ0v) is 12.3. The van der Waals surface area contributed by atoms with Crippen LogP contribution in [-0.2, 0) is 18.3 Å². The molecule has 1 fully saturated rings. The number of piperidine rings is 1. The predicted octanol–water partition coefficient (Wildman–Crippen LogP) is 2.05. The average Bonchev–Trinajstić information content (AvgIpc) is 2.82. The van der Waals surface area contributed by atoms with Crippen LogP contribution in [0.2, 0.25) is 0 Å². The number of nitrogens with zero attached hydrogens (tertiary/aromatic N) is 3. The molecule has 0 bridgehead atoms. The van der Waals surface area contributed by atoms with Crippen molar-refractivity contribution in [3.63, 3.8) is 0 Å². The third-order valence-corrected chi connectivity index (χ3v) is 4.40. The average molecular weight is 287 g/mol. The summed E-state index contributed by atoms with van der Waals surface area (Å²) >= 11 is 0. The van der Waals surface area contributed by atoms with Crippen LogP contribution in [0.15, 0.2) is 24.3 Å². The molecule has 1 saturated heterocycles. The highest BCUT2D eigenvalue weighted by molar-refractivity contribution is 5.75. The van der Waals surface area contributed by atoms with Crippen LogP contribution >= 0.6 is 0 Å². The molecule has 0 radical (unpaired) electrons. The summed E-state index contributed by atoms with van der Waals surface area (Å²) in [5.74, 6) is 0.325. The molecule has 5 heteroatoms. The fraction of sp³-hybridized carbons (Fsp3) is 0.500. The zero-order valence-electron chi connectivity index (χ0n) is 12.3. The molecule has 1 N–H and O–H groups in total. The summed E-state index contributed by atoms with van der Waals surface area (Å²) < 4.78 is 2.11. The smallest absolute Gasteiger partial charge is 0.320 e. The highest BCUT2D eigenvalue weighted by Crippen LogP contribution is 2.19. The molecule has 1 aliphatic rings. The molecule has 5 nitrogen and oxygen atoms in total. The van der Waals surface area contributed by atoms with Gasteiger partial charge in [0.25, 0.3) is 0 Å². The number of fused-ring (bicyclic) bond motifs is 1. The maximum atomic E-state index is 11.3. The first-order valence-corrected chi connectivity index (χ1v) is 7.54. The fourth-order valence-electron chi connectivity index (χ4n) is 3.20. The zero-order chi connectivity index (χ0) is 14.8. The molecule has 1 aliphatic heterocycles. The van der Waals surface area contributed by atoms with Crippen LogP contribution in [0.4, 0.5) is 0 Å². The molecular formula is C16H21N3O2. The number of aromatic nitrogens is 2. The number of para-hydroxylation sites is 2. The molecule has 0 saturated carbocycles. The summed E-state index contributed by atoms with van der Waals surface area (Å²) in [5, 5.41) is 9.31. The van der Waals surface area contributed by atoms with E-state index in [1.165, 1.54) is 0 Å². The van der Waals surface area contributed by atoms with Gasteiger partial charge in [0.05, 0.1) is 11.0 Å². The number of imidazole rings is 1. The lowest BCUT2D eigenvalue weighted by molar-refractivity contribution is -0.144. The summed E-state index contributed by atoms with van der Waals surface area (Å²) in [4.78, 5) is 18.1. The molecule has 21 heavy (non-hydrogen) atoms. The van der Waals surface area contributed by atoms with Crippen LogP contribution in [0.5, 0.6) is 0 Å². The van der Waals surface area contributed by atoms with Gasteiger partial charge in [-0.15, -0.1) is 0 Å². The fourth-order valence-corrected chi connectivity index (χ4v) is 3.20. The summed E-state index contributed by atoms with van der Waals surface area (Å²) in [7, 11) is 2.02. The second-order valence-electron chi connectivity index (χ2n) is 5.71. The van der Waals surface area contributed by atoms with E-state index in [2.05, 4.69) is 20.5 Å². The lowest BCUT2D eigenvalue weighted by Gasteiger charge is -2.32. The maximum Gasteiger partial charge on any atom is 0.320 e.